The molecule has 0 spiro atoms. The van der Waals surface area contributed by atoms with E-state index < -0.39 is 34.1 Å². The van der Waals surface area contributed by atoms with E-state index in [4.69, 9.17) is 20.8 Å². The number of nitrogens with one attached hydrogen (secondary N) is 2. The van der Waals surface area contributed by atoms with Gasteiger partial charge in [0.2, 0.25) is 10.0 Å². The van der Waals surface area contributed by atoms with Crippen LogP contribution in [0.15, 0.2) is 89.3 Å². The van der Waals surface area contributed by atoms with Gasteiger partial charge in [-0.25, -0.2) is 8.42 Å². The molecule has 2 amide bonds. The highest BCUT2D eigenvalue weighted by Gasteiger charge is 2.37. The Morgan fingerprint density at radius 1 is 0.939 bits per heavy atom. The lowest BCUT2D eigenvalue weighted by atomic mass is 9.97. The number of furan rings is 1. The first kappa shape index (κ1) is 35.3. The average molecular weight is 714 g/mol. The summed E-state index contributed by atoms with van der Waals surface area (Å²) >= 11 is 6.06. The number of amides is 2. The maximum absolute atomic E-state index is 13.4. The maximum Gasteiger partial charge on any atom is 0.408 e. The number of halogens is 4. The number of carbonyl (C=O) groups is 2. The molecular weight excluding hydrogens is 683 g/mol. The van der Waals surface area contributed by atoms with Gasteiger partial charge >= 0.3 is 6.18 Å². The molecule has 49 heavy (non-hydrogen) atoms. The predicted molar refractivity (Wildman–Crippen MR) is 183 cm³/mol. The fraction of sp³-hybridized carbons (Fsp3) is 0.200. The molecule has 0 saturated heterocycles. The van der Waals surface area contributed by atoms with Crippen molar-refractivity contribution in [3.63, 3.8) is 0 Å². The Balaban J connectivity index is 1.66. The van der Waals surface area contributed by atoms with Gasteiger partial charge in [0, 0.05) is 46.8 Å². The van der Waals surface area contributed by atoms with E-state index in [1.165, 1.54) is 31.3 Å². The van der Waals surface area contributed by atoms with Crippen LogP contribution in [0.1, 0.15) is 34.6 Å². The van der Waals surface area contributed by atoms with Crippen molar-refractivity contribution in [1.29, 1.82) is 0 Å². The van der Waals surface area contributed by atoms with Crippen molar-refractivity contribution in [2.24, 2.45) is 0 Å². The molecular formula is C35H31ClF3N3O6S. The number of ether oxygens (including phenoxy) is 1. The van der Waals surface area contributed by atoms with E-state index in [1.54, 1.807) is 67.6 Å². The minimum Gasteiger partial charge on any atom is -0.457 e. The molecule has 0 aliphatic rings. The molecule has 0 radical (unpaired) electrons. The molecule has 1 aromatic heterocycles. The molecule has 2 N–H and O–H groups in total. The molecule has 1 atom stereocenters. The molecule has 256 valence electrons. The number of alkyl halides is 3. The molecule has 5 rings (SSSR count). The van der Waals surface area contributed by atoms with Gasteiger partial charge < -0.3 is 19.8 Å². The van der Waals surface area contributed by atoms with Crippen LogP contribution >= 0.6 is 11.6 Å². The summed E-state index contributed by atoms with van der Waals surface area (Å²) in [7, 11) is -2.40. The summed E-state index contributed by atoms with van der Waals surface area (Å²) in [6, 6.07) is 20.4. The van der Waals surface area contributed by atoms with Crippen molar-refractivity contribution in [1.82, 2.24) is 10.6 Å². The van der Waals surface area contributed by atoms with Crippen LogP contribution in [0.5, 0.6) is 11.5 Å². The highest BCUT2D eigenvalue weighted by Crippen LogP contribution is 2.42. The summed E-state index contributed by atoms with van der Waals surface area (Å²) < 4.78 is 78.6. The summed E-state index contributed by atoms with van der Waals surface area (Å²) in [6.45, 7) is 2.48. The molecule has 14 heteroatoms. The van der Waals surface area contributed by atoms with Crippen LogP contribution in [0, 0.1) is 0 Å². The van der Waals surface area contributed by atoms with Gasteiger partial charge in [-0.2, -0.15) is 13.2 Å². The van der Waals surface area contributed by atoms with Crippen LogP contribution in [0.3, 0.4) is 0 Å². The summed E-state index contributed by atoms with van der Waals surface area (Å²) in [5.41, 5.74) is 1.57. The Labute approximate surface area is 285 Å². The standard InChI is InChI=1S/C35H31ClF3N3O6S/c1-5-42(49(4,45)46)29-19-30-28(18-27(29)22-8-6-9-23(16-22)33(43)41-20(2)35(37,38)39)31(34(44)40-3)32(48-30)21-12-14-25(15-13-21)47-26-11-7-10-24(36)17-26/h6-20H,5H2,1-4H3,(H,40,44)(H,41,43)/t20-/m0/s1. The second-order valence-corrected chi connectivity index (χ2v) is 13.4. The third kappa shape index (κ3) is 7.68. The van der Waals surface area contributed by atoms with Crippen molar-refractivity contribution >= 4 is 50.1 Å². The SMILES string of the molecule is CCN(c1cc2oc(-c3ccc(Oc4cccc(Cl)c4)cc3)c(C(=O)NC)c2cc1-c1cccc(C(=O)N[C@@H](C)C(F)(F)F)c1)S(C)(=O)=O. The number of fused-ring (bicyclic) bond motifs is 1. The Morgan fingerprint density at radius 3 is 2.24 bits per heavy atom. The number of carbonyl (C=O) groups excluding carboxylic acids is 2. The van der Waals surface area contributed by atoms with Gasteiger partial charge in [0.15, 0.2) is 0 Å². The van der Waals surface area contributed by atoms with E-state index in [9.17, 15) is 31.2 Å². The Morgan fingerprint density at radius 2 is 1.63 bits per heavy atom. The Kier molecular flexibility index (Phi) is 9.97. The van der Waals surface area contributed by atoms with Gasteiger partial charge in [-0.1, -0.05) is 29.8 Å². The zero-order valence-corrected chi connectivity index (χ0v) is 28.3. The second-order valence-electron chi connectivity index (χ2n) is 11.1. The normalized spacial score (nSPS) is 12.4. The monoisotopic (exact) mass is 713 g/mol. The minimum atomic E-state index is -4.65. The highest BCUT2D eigenvalue weighted by molar-refractivity contribution is 7.92. The smallest absolute Gasteiger partial charge is 0.408 e. The maximum atomic E-state index is 13.4. The van der Waals surface area contributed by atoms with E-state index in [-0.39, 0.29) is 34.7 Å². The molecule has 0 aliphatic carbocycles. The molecule has 0 bridgehead atoms. The summed E-state index contributed by atoms with van der Waals surface area (Å²) in [6.07, 6.45) is -3.62. The Bertz CT molecular complexity index is 2150. The summed E-state index contributed by atoms with van der Waals surface area (Å²) in [5.74, 6) is -0.240. The Hall–Kier alpha value is -5.01. The molecule has 5 aromatic rings. The first-order valence-corrected chi connectivity index (χ1v) is 17.2. The van der Waals surface area contributed by atoms with Gasteiger partial charge in [0.1, 0.15) is 28.9 Å². The van der Waals surface area contributed by atoms with Crippen molar-refractivity contribution < 1.29 is 40.3 Å². The second kappa shape index (κ2) is 13.8. The fourth-order valence-corrected chi connectivity index (χ4v) is 6.40. The van der Waals surface area contributed by atoms with Crippen LogP contribution in [-0.2, 0) is 10.0 Å². The van der Waals surface area contributed by atoms with Gasteiger partial charge in [0.05, 0.1) is 17.5 Å². The van der Waals surface area contributed by atoms with Crippen molar-refractivity contribution in [3.8, 4) is 33.9 Å². The van der Waals surface area contributed by atoms with Gasteiger partial charge in [-0.3, -0.25) is 13.9 Å². The van der Waals surface area contributed by atoms with Crippen LogP contribution in [0.4, 0.5) is 18.9 Å². The van der Waals surface area contributed by atoms with Crippen molar-refractivity contribution in [2.45, 2.75) is 26.1 Å². The van der Waals surface area contributed by atoms with E-state index >= 15 is 0 Å². The average Bonchev–Trinajstić information content (AvgIpc) is 3.42. The molecule has 9 nitrogen and oxygen atoms in total. The zero-order chi connectivity index (χ0) is 35.7. The van der Waals surface area contributed by atoms with E-state index in [2.05, 4.69) is 5.32 Å². The lowest BCUT2D eigenvalue weighted by molar-refractivity contribution is -0.149. The molecule has 0 aliphatic heterocycles. The number of hydrogen-bond donors (Lipinski definition) is 2. The number of anilines is 1. The molecule has 0 fully saturated rings. The molecule has 1 heterocycles. The predicted octanol–water partition coefficient (Wildman–Crippen LogP) is 8.04. The third-order valence-electron chi connectivity index (χ3n) is 7.64. The number of nitrogens with zero attached hydrogens (tertiary/aromatic N) is 1. The number of sulfonamides is 1. The van der Waals surface area contributed by atoms with E-state index in [0.717, 1.165) is 17.5 Å². The fourth-order valence-electron chi connectivity index (χ4n) is 5.24. The largest absolute Gasteiger partial charge is 0.457 e. The summed E-state index contributed by atoms with van der Waals surface area (Å²) in [4.78, 5) is 26.2. The van der Waals surface area contributed by atoms with Crippen LogP contribution < -0.4 is 19.7 Å². The van der Waals surface area contributed by atoms with Crippen LogP contribution in [-0.4, -0.2) is 52.3 Å². The van der Waals surface area contributed by atoms with Crippen molar-refractivity contribution in [3.05, 3.63) is 101 Å². The number of benzene rings is 4. The molecule has 0 saturated carbocycles. The van der Waals surface area contributed by atoms with Gasteiger partial charge in [0.25, 0.3) is 11.8 Å². The minimum absolute atomic E-state index is 0.0184. The van der Waals surface area contributed by atoms with Crippen LogP contribution in [0.25, 0.3) is 33.4 Å². The van der Waals surface area contributed by atoms with E-state index in [0.29, 0.717) is 38.6 Å². The van der Waals surface area contributed by atoms with Gasteiger partial charge in [-0.15, -0.1) is 0 Å². The van der Waals surface area contributed by atoms with Gasteiger partial charge in [-0.05, 0) is 80.1 Å². The number of rotatable bonds is 10. The first-order chi connectivity index (χ1) is 23.1. The van der Waals surface area contributed by atoms with E-state index in [1.807, 2.05) is 5.32 Å². The summed E-state index contributed by atoms with van der Waals surface area (Å²) in [5, 5.41) is 5.39. The topological polar surface area (TPSA) is 118 Å². The third-order valence-corrected chi connectivity index (χ3v) is 9.13. The lowest BCUT2D eigenvalue weighted by Gasteiger charge is -2.24. The number of hydrogen-bond acceptors (Lipinski definition) is 6. The molecule has 0 unspecified atom stereocenters. The highest BCUT2D eigenvalue weighted by atomic mass is 35.5. The first-order valence-electron chi connectivity index (χ1n) is 14.9. The quantitative estimate of drug-likeness (QED) is 0.151. The van der Waals surface area contributed by atoms with Crippen LogP contribution in [0.2, 0.25) is 5.02 Å². The molecule has 4 aromatic carbocycles. The van der Waals surface area contributed by atoms with Crippen molar-refractivity contribution in [2.75, 3.05) is 24.2 Å². The zero-order valence-electron chi connectivity index (χ0n) is 26.7. The lowest BCUT2D eigenvalue weighted by Crippen LogP contribution is -2.43.